The summed E-state index contributed by atoms with van der Waals surface area (Å²) in [5, 5.41) is 5.83. The van der Waals surface area contributed by atoms with Crippen LogP contribution in [0.2, 0.25) is 0 Å². The normalized spacial score (nSPS) is 14.0. The number of carbonyl (C=O) groups excluding carboxylic acids is 1. The number of benzene rings is 1. The predicted molar refractivity (Wildman–Crippen MR) is 93.3 cm³/mol. The Balaban J connectivity index is 1.80. The van der Waals surface area contributed by atoms with Gasteiger partial charge in [-0.25, -0.2) is 4.98 Å². The maximum atomic E-state index is 11.4. The van der Waals surface area contributed by atoms with E-state index in [-0.39, 0.29) is 12.5 Å². The topological polar surface area (TPSA) is 76.4 Å². The van der Waals surface area contributed by atoms with Crippen LogP contribution in [-0.2, 0) is 4.79 Å². The third-order valence-corrected chi connectivity index (χ3v) is 3.30. The number of oxazole rings is 1. The van der Waals surface area contributed by atoms with E-state index < -0.39 is 0 Å². The third-order valence-electron chi connectivity index (χ3n) is 3.30. The zero-order valence-corrected chi connectivity index (χ0v) is 13.2. The smallest absolute Gasteiger partial charge is 0.299 e. The van der Waals surface area contributed by atoms with Gasteiger partial charge in [0.1, 0.15) is 5.75 Å². The molecule has 1 aliphatic heterocycles. The number of anilines is 3. The summed E-state index contributed by atoms with van der Waals surface area (Å²) in [6.45, 7) is 5.66. The van der Waals surface area contributed by atoms with Gasteiger partial charge in [0.05, 0.1) is 11.9 Å². The van der Waals surface area contributed by atoms with Gasteiger partial charge in [0.25, 0.3) is 11.9 Å². The fraction of sp³-hybridized carbons (Fsp3) is 0.111. The van der Waals surface area contributed by atoms with Crippen molar-refractivity contribution in [3.8, 4) is 5.75 Å². The molecule has 0 atom stereocenters. The number of nitrogens with zero attached hydrogens (tertiary/aromatic N) is 1. The van der Waals surface area contributed by atoms with Crippen LogP contribution < -0.4 is 15.4 Å². The molecule has 6 nitrogen and oxygen atoms in total. The molecule has 1 amide bonds. The molecule has 122 valence electrons. The number of hydrogen-bond acceptors (Lipinski definition) is 5. The zero-order chi connectivity index (χ0) is 16.9. The van der Waals surface area contributed by atoms with Crippen LogP contribution in [0.4, 0.5) is 17.4 Å². The summed E-state index contributed by atoms with van der Waals surface area (Å²) in [4.78, 5) is 15.6. The first-order chi connectivity index (χ1) is 11.7. The Labute approximate surface area is 139 Å². The molecule has 0 aliphatic carbocycles. The second-order valence-corrected chi connectivity index (χ2v) is 5.06. The van der Waals surface area contributed by atoms with Crippen LogP contribution in [0, 0.1) is 0 Å². The molecule has 1 aromatic heterocycles. The van der Waals surface area contributed by atoms with E-state index in [1.165, 1.54) is 0 Å². The Morgan fingerprint density at radius 1 is 1.46 bits per heavy atom. The minimum Gasteiger partial charge on any atom is -0.482 e. The average Bonchev–Trinajstić information content (AvgIpc) is 3.02. The first-order valence-corrected chi connectivity index (χ1v) is 7.45. The van der Waals surface area contributed by atoms with Gasteiger partial charge < -0.3 is 19.8 Å². The highest BCUT2D eigenvalue weighted by atomic mass is 16.5. The van der Waals surface area contributed by atoms with Crippen LogP contribution in [0.1, 0.15) is 12.7 Å². The molecule has 0 spiro atoms. The maximum absolute atomic E-state index is 11.4. The Hall–Kier alpha value is -3.28. The fourth-order valence-corrected chi connectivity index (χ4v) is 2.28. The lowest BCUT2D eigenvalue weighted by molar-refractivity contribution is -0.118. The van der Waals surface area contributed by atoms with Crippen molar-refractivity contribution in [1.82, 2.24) is 4.98 Å². The van der Waals surface area contributed by atoms with Gasteiger partial charge in [-0.05, 0) is 25.1 Å². The third kappa shape index (κ3) is 3.38. The van der Waals surface area contributed by atoms with Crippen LogP contribution in [0.3, 0.4) is 0 Å². The first-order valence-electron chi connectivity index (χ1n) is 7.45. The lowest BCUT2D eigenvalue weighted by Crippen LogP contribution is -2.25. The molecule has 0 saturated carbocycles. The van der Waals surface area contributed by atoms with Gasteiger partial charge in [0.2, 0.25) is 0 Å². The standard InChI is InChI=1S/C18H17N3O3/c1-3-5-12(6-4-2)16-10-19-18(24-16)20-13-7-8-15-14(9-13)21-17(22)11-23-15/h3-10H,1,11H2,2H3,(H,19,20)(H,21,22)/b6-4-,12-5+. The van der Waals surface area contributed by atoms with E-state index in [9.17, 15) is 4.79 Å². The monoisotopic (exact) mass is 323 g/mol. The molecule has 0 fully saturated rings. The van der Waals surface area contributed by atoms with Crippen molar-refractivity contribution in [2.24, 2.45) is 0 Å². The second kappa shape index (κ2) is 6.87. The number of carbonyl (C=O) groups is 1. The molecule has 2 N–H and O–H groups in total. The Kier molecular flexibility index (Phi) is 4.47. The van der Waals surface area contributed by atoms with Crippen molar-refractivity contribution in [3.63, 3.8) is 0 Å². The van der Waals surface area contributed by atoms with Crippen LogP contribution in [0.5, 0.6) is 5.75 Å². The van der Waals surface area contributed by atoms with Gasteiger partial charge >= 0.3 is 0 Å². The largest absolute Gasteiger partial charge is 0.482 e. The number of allylic oxidation sites excluding steroid dienone is 5. The zero-order valence-electron chi connectivity index (χ0n) is 13.2. The summed E-state index contributed by atoms with van der Waals surface area (Å²) in [6, 6.07) is 5.73. The van der Waals surface area contributed by atoms with Crippen molar-refractivity contribution in [2.45, 2.75) is 6.92 Å². The highest BCUT2D eigenvalue weighted by Gasteiger charge is 2.16. The molecular weight excluding hydrogens is 306 g/mol. The Morgan fingerprint density at radius 2 is 2.33 bits per heavy atom. The fourth-order valence-electron chi connectivity index (χ4n) is 2.28. The molecule has 6 heteroatoms. The van der Waals surface area contributed by atoms with E-state index in [0.29, 0.717) is 23.2 Å². The Morgan fingerprint density at radius 3 is 3.12 bits per heavy atom. The van der Waals surface area contributed by atoms with Gasteiger partial charge in [-0.3, -0.25) is 4.79 Å². The van der Waals surface area contributed by atoms with Gasteiger partial charge in [0, 0.05) is 11.3 Å². The van der Waals surface area contributed by atoms with Crippen molar-refractivity contribution in [3.05, 3.63) is 61.0 Å². The predicted octanol–water partition coefficient (Wildman–Crippen LogP) is 3.89. The van der Waals surface area contributed by atoms with Crippen LogP contribution >= 0.6 is 0 Å². The minimum absolute atomic E-state index is 0.0340. The van der Waals surface area contributed by atoms with Crippen LogP contribution in [-0.4, -0.2) is 17.5 Å². The molecule has 0 unspecified atom stereocenters. The van der Waals surface area contributed by atoms with Gasteiger partial charge in [0.15, 0.2) is 12.4 Å². The summed E-state index contributed by atoms with van der Waals surface area (Å²) in [6.07, 6.45) is 9.00. The SMILES string of the molecule is C=C/C=C(\C=C/C)c1cnc(Nc2ccc3c(c2)NC(=O)CO3)o1. The number of aromatic nitrogens is 1. The number of rotatable bonds is 5. The number of ether oxygens (including phenoxy) is 1. The molecular formula is C18H17N3O3. The summed E-state index contributed by atoms with van der Waals surface area (Å²) < 4.78 is 11.0. The van der Waals surface area contributed by atoms with Crippen molar-refractivity contribution >= 4 is 28.9 Å². The summed E-state index contributed by atoms with van der Waals surface area (Å²) in [5.41, 5.74) is 2.22. The van der Waals surface area contributed by atoms with Crippen molar-refractivity contribution in [1.29, 1.82) is 0 Å². The number of nitrogens with one attached hydrogen (secondary N) is 2. The van der Waals surface area contributed by atoms with Crippen LogP contribution in [0.15, 0.2) is 59.7 Å². The molecule has 0 saturated heterocycles. The van der Waals surface area contributed by atoms with E-state index in [2.05, 4.69) is 22.2 Å². The van der Waals surface area contributed by atoms with E-state index >= 15 is 0 Å². The van der Waals surface area contributed by atoms with E-state index in [1.54, 1.807) is 24.4 Å². The summed E-state index contributed by atoms with van der Waals surface area (Å²) in [5.74, 6) is 1.09. The number of fused-ring (bicyclic) bond motifs is 1. The lowest BCUT2D eigenvalue weighted by Gasteiger charge is -2.18. The maximum Gasteiger partial charge on any atom is 0.299 e. The van der Waals surface area contributed by atoms with E-state index in [4.69, 9.17) is 9.15 Å². The first kappa shape index (κ1) is 15.6. The van der Waals surface area contributed by atoms with Crippen molar-refractivity contribution in [2.75, 3.05) is 17.2 Å². The van der Waals surface area contributed by atoms with E-state index in [1.807, 2.05) is 31.2 Å². The summed E-state index contributed by atoms with van der Waals surface area (Å²) >= 11 is 0. The molecule has 2 aromatic rings. The molecule has 0 bridgehead atoms. The number of hydrogen-bond donors (Lipinski definition) is 2. The summed E-state index contributed by atoms with van der Waals surface area (Å²) in [7, 11) is 0. The van der Waals surface area contributed by atoms with Gasteiger partial charge in [-0.2, -0.15) is 0 Å². The van der Waals surface area contributed by atoms with Crippen molar-refractivity contribution < 1.29 is 13.9 Å². The highest BCUT2D eigenvalue weighted by Crippen LogP contribution is 2.31. The molecule has 1 aliphatic rings. The molecule has 2 heterocycles. The Bertz CT molecular complexity index is 834. The van der Waals surface area contributed by atoms with Crippen LogP contribution in [0.25, 0.3) is 5.57 Å². The second-order valence-electron chi connectivity index (χ2n) is 5.06. The van der Waals surface area contributed by atoms with Gasteiger partial charge in [-0.1, -0.05) is 30.9 Å². The quantitative estimate of drug-likeness (QED) is 0.816. The number of amides is 1. The lowest BCUT2D eigenvalue weighted by atomic mass is 10.2. The van der Waals surface area contributed by atoms with Gasteiger partial charge in [-0.15, -0.1) is 0 Å². The molecule has 0 radical (unpaired) electrons. The average molecular weight is 323 g/mol. The molecule has 24 heavy (non-hydrogen) atoms. The van der Waals surface area contributed by atoms with E-state index in [0.717, 1.165) is 11.3 Å². The molecule has 3 rings (SSSR count). The molecule has 1 aromatic carbocycles. The minimum atomic E-state index is -0.177. The highest BCUT2D eigenvalue weighted by molar-refractivity contribution is 5.96.